The Labute approximate surface area is 173 Å². The Kier molecular flexibility index (Phi) is 4.54. The van der Waals surface area contributed by atoms with E-state index in [1.807, 2.05) is 29.2 Å². The fourth-order valence-electron chi connectivity index (χ4n) is 3.81. The average molecular weight is 410 g/mol. The molecule has 1 unspecified atom stereocenters. The summed E-state index contributed by atoms with van der Waals surface area (Å²) in [4.78, 5) is 21.9. The van der Waals surface area contributed by atoms with Crippen molar-refractivity contribution in [3.63, 3.8) is 0 Å². The van der Waals surface area contributed by atoms with Crippen LogP contribution in [-0.2, 0) is 4.79 Å². The third-order valence-corrected chi connectivity index (χ3v) is 6.80. The maximum Gasteiger partial charge on any atom is 0.267 e. The molecule has 2 aromatic carbocycles. The second kappa shape index (κ2) is 7.22. The van der Waals surface area contributed by atoms with E-state index in [4.69, 9.17) is 14.5 Å². The van der Waals surface area contributed by atoms with Gasteiger partial charge in [-0.1, -0.05) is 29.5 Å². The second-order valence-electron chi connectivity index (χ2n) is 7.53. The number of hydrogen-bond donors (Lipinski definition) is 0. The Morgan fingerprint density at radius 3 is 2.62 bits per heavy atom. The molecule has 0 radical (unpaired) electrons. The average Bonchev–Trinajstić information content (AvgIpc) is 3.21. The van der Waals surface area contributed by atoms with Crippen LogP contribution < -0.4 is 14.4 Å². The van der Waals surface area contributed by atoms with E-state index in [-0.39, 0.29) is 12.5 Å². The number of aromatic nitrogens is 1. The van der Waals surface area contributed by atoms with Crippen LogP contribution in [0, 0.1) is 13.8 Å². The number of hydrogen-bond acceptors (Lipinski definition) is 6. The molecule has 2 aliphatic heterocycles. The lowest BCUT2D eigenvalue weighted by Crippen LogP contribution is -2.54. The third kappa shape index (κ3) is 3.29. The first-order valence-corrected chi connectivity index (χ1v) is 10.7. The maximum absolute atomic E-state index is 12.9. The molecule has 29 heavy (non-hydrogen) atoms. The molecule has 0 spiro atoms. The number of nitrogens with zero attached hydrogens (tertiary/aromatic N) is 3. The number of carbonyl (C=O) groups excluding carboxylic acids is 1. The summed E-state index contributed by atoms with van der Waals surface area (Å²) in [6.07, 6.45) is -0.579. The fourth-order valence-corrected chi connectivity index (χ4v) is 4.89. The highest BCUT2D eigenvalue weighted by atomic mass is 32.1. The zero-order valence-electron chi connectivity index (χ0n) is 16.6. The Bertz CT molecular complexity index is 1070. The van der Waals surface area contributed by atoms with Crippen molar-refractivity contribution in [3.8, 4) is 11.5 Å². The minimum atomic E-state index is -0.579. The van der Waals surface area contributed by atoms with Crippen LogP contribution in [0.1, 0.15) is 11.1 Å². The number of fused-ring (bicyclic) bond motifs is 2. The number of piperazine rings is 1. The standard InChI is InChI=1S/C22H23N3O3S/c1-14-7-8-19-20(15(14)2)23-22(29-19)25-11-9-24(10-12-25)21(26)18-13-27-16-5-3-4-6-17(16)28-18/h3-8,18H,9-13H2,1-2H3. The van der Waals surface area contributed by atoms with Crippen molar-refractivity contribution in [2.45, 2.75) is 20.0 Å². The highest BCUT2D eigenvalue weighted by Gasteiger charge is 2.33. The predicted molar refractivity (Wildman–Crippen MR) is 114 cm³/mol. The minimum absolute atomic E-state index is 0.00470. The number of amides is 1. The van der Waals surface area contributed by atoms with Gasteiger partial charge in [0.1, 0.15) is 6.61 Å². The summed E-state index contributed by atoms with van der Waals surface area (Å²) < 4.78 is 12.8. The highest BCUT2D eigenvalue weighted by molar-refractivity contribution is 7.22. The zero-order valence-corrected chi connectivity index (χ0v) is 17.4. The van der Waals surface area contributed by atoms with Gasteiger partial charge in [-0.15, -0.1) is 0 Å². The van der Waals surface area contributed by atoms with E-state index in [9.17, 15) is 4.79 Å². The number of ether oxygens (including phenoxy) is 2. The Balaban J connectivity index is 1.25. The minimum Gasteiger partial charge on any atom is -0.485 e. The van der Waals surface area contributed by atoms with Crippen molar-refractivity contribution in [3.05, 3.63) is 47.5 Å². The van der Waals surface area contributed by atoms with Crippen molar-refractivity contribution < 1.29 is 14.3 Å². The number of anilines is 1. The Morgan fingerprint density at radius 1 is 1.07 bits per heavy atom. The van der Waals surface area contributed by atoms with Crippen LogP contribution in [0.2, 0.25) is 0 Å². The summed E-state index contributed by atoms with van der Waals surface area (Å²) in [5.74, 6) is 1.33. The lowest BCUT2D eigenvalue weighted by molar-refractivity contribution is -0.141. The van der Waals surface area contributed by atoms with Crippen molar-refractivity contribution in [1.29, 1.82) is 0 Å². The van der Waals surface area contributed by atoms with Gasteiger partial charge in [0, 0.05) is 26.2 Å². The van der Waals surface area contributed by atoms with Gasteiger partial charge < -0.3 is 19.3 Å². The normalized spacial score (nSPS) is 18.9. The lowest BCUT2D eigenvalue weighted by atomic mass is 10.1. The van der Waals surface area contributed by atoms with E-state index in [1.165, 1.54) is 15.8 Å². The first-order valence-electron chi connectivity index (χ1n) is 9.89. The first kappa shape index (κ1) is 18.2. The van der Waals surface area contributed by atoms with Gasteiger partial charge in [-0.2, -0.15) is 0 Å². The van der Waals surface area contributed by atoms with Gasteiger partial charge in [0.2, 0.25) is 6.10 Å². The maximum atomic E-state index is 12.9. The number of rotatable bonds is 2. The monoisotopic (exact) mass is 409 g/mol. The SMILES string of the molecule is Cc1ccc2sc(N3CCN(C(=O)C4COc5ccccc5O4)CC3)nc2c1C. The second-order valence-corrected chi connectivity index (χ2v) is 8.54. The number of carbonyl (C=O) groups is 1. The van der Waals surface area contributed by atoms with Crippen LogP contribution in [-0.4, -0.2) is 54.7 Å². The van der Waals surface area contributed by atoms with Gasteiger partial charge in [0.15, 0.2) is 16.6 Å². The molecule has 0 N–H and O–H groups in total. The number of benzene rings is 2. The molecule has 1 amide bonds. The van der Waals surface area contributed by atoms with E-state index >= 15 is 0 Å². The first-order chi connectivity index (χ1) is 14.1. The summed E-state index contributed by atoms with van der Waals surface area (Å²) in [5.41, 5.74) is 3.60. The van der Waals surface area contributed by atoms with Crippen LogP contribution in [0.25, 0.3) is 10.2 Å². The van der Waals surface area contributed by atoms with E-state index in [2.05, 4.69) is 30.9 Å². The molecule has 0 aliphatic carbocycles. The van der Waals surface area contributed by atoms with E-state index in [1.54, 1.807) is 11.3 Å². The van der Waals surface area contributed by atoms with E-state index < -0.39 is 6.10 Å². The lowest BCUT2D eigenvalue weighted by Gasteiger charge is -2.37. The Morgan fingerprint density at radius 2 is 1.83 bits per heavy atom. The van der Waals surface area contributed by atoms with Gasteiger partial charge in [0.25, 0.3) is 5.91 Å². The molecular formula is C22H23N3O3S. The molecule has 0 bridgehead atoms. The fraction of sp³-hybridized carbons (Fsp3) is 0.364. The molecule has 3 aromatic rings. The summed E-state index contributed by atoms with van der Waals surface area (Å²) in [6, 6.07) is 11.8. The van der Waals surface area contributed by atoms with Crippen LogP contribution in [0.3, 0.4) is 0 Å². The molecule has 7 heteroatoms. The Hall–Kier alpha value is -2.80. The van der Waals surface area contributed by atoms with Crippen molar-refractivity contribution in [1.82, 2.24) is 9.88 Å². The van der Waals surface area contributed by atoms with Crippen molar-refractivity contribution >= 4 is 32.6 Å². The van der Waals surface area contributed by atoms with Crippen LogP contribution in [0.15, 0.2) is 36.4 Å². The van der Waals surface area contributed by atoms with Crippen LogP contribution >= 0.6 is 11.3 Å². The van der Waals surface area contributed by atoms with Gasteiger partial charge in [-0.05, 0) is 43.2 Å². The highest BCUT2D eigenvalue weighted by Crippen LogP contribution is 2.33. The van der Waals surface area contributed by atoms with Gasteiger partial charge in [-0.3, -0.25) is 4.79 Å². The quantitative estimate of drug-likeness (QED) is 0.649. The van der Waals surface area contributed by atoms with Crippen LogP contribution in [0.4, 0.5) is 5.13 Å². The topological polar surface area (TPSA) is 54.9 Å². The van der Waals surface area contributed by atoms with Gasteiger partial charge in [-0.25, -0.2) is 4.98 Å². The molecule has 1 aromatic heterocycles. The zero-order chi connectivity index (χ0) is 20.0. The smallest absolute Gasteiger partial charge is 0.267 e. The molecule has 2 aliphatic rings. The summed E-state index contributed by atoms with van der Waals surface area (Å²) >= 11 is 1.72. The predicted octanol–water partition coefficient (Wildman–Crippen LogP) is 3.40. The van der Waals surface area contributed by atoms with Gasteiger partial charge >= 0.3 is 0 Å². The van der Waals surface area contributed by atoms with Crippen molar-refractivity contribution in [2.24, 2.45) is 0 Å². The molecule has 1 saturated heterocycles. The molecule has 3 heterocycles. The molecule has 150 valence electrons. The summed E-state index contributed by atoms with van der Waals surface area (Å²) in [7, 11) is 0. The number of thiazole rings is 1. The van der Waals surface area contributed by atoms with Crippen molar-refractivity contribution in [2.75, 3.05) is 37.7 Å². The number of para-hydroxylation sites is 2. The third-order valence-electron chi connectivity index (χ3n) is 5.72. The van der Waals surface area contributed by atoms with E-state index in [0.29, 0.717) is 24.6 Å². The summed E-state index contributed by atoms with van der Waals surface area (Å²) in [6.45, 7) is 7.37. The largest absolute Gasteiger partial charge is 0.485 e. The summed E-state index contributed by atoms with van der Waals surface area (Å²) in [5, 5.41) is 1.03. The molecule has 0 saturated carbocycles. The molecule has 6 nitrogen and oxygen atoms in total. The van der Waals surface area contributed by atoms with Crippen LogP contribution in [0.5, 0.6) is 11.5 Å². The molecule has 1 fully saturated rings. The van der Waals surface area contributed by atoms with E-state index in [0.717, 1.165) is 23.7 Å². The van der Waals surface area contributed by atoms with Gasteiger partial charge in [0.05, 0.1) is 10.2 Å². The molecule has 5 rings (SSSR count). The number of aryl methyl sites for hydroxylation is 2. The molecular weight excluding hydrogens is 386 g/mol. The molecule has 1 atom stereocenters.